The molecular formula is C34H28N6O6S2. The van der Waals surface area contributed by atoms with Gasteiger partial charge < -0.3 is 20.2 Å². The number of ether oxygens (including phenoxy) is 1. The van der Waals surface area contributed by atoms with Crippen LogP contribution < -0.4 is 10.6 Å². The highest BCUT2D eigenvalue weighted by molar-refractivity contribution is 8.00. The average Bonchev–Trinajstić information content (AvgIpc) is 3.59. The number of nitrogens with zero attached hydrogens (tertiary/aromatic N) is 4. The summed E-state index contributed by atoms with van der Waals surface area (Å²) in [5, 5.41) is 10.4. The molecule has 1 saturated heterocycles. The molecule has 242 valence electrons. The normalized spacial score (nSPS) is 17.2. The average molecular weight is 681 g/mol. The lowest BCUT2D eigenvalue weighted by Gasteiger charge is -2.49. The Labute approximate surface area is 283 Å². The number of rotatable bonds is 13. The lowest BCUT2D eigenvalue weighted by Crippen LogP contribution is -2.71. The van der Waals surface area contributed by atoms with E-state index in [4.69, 9.17) is 9.57 Å². The highest BCUT2D eigenvalue weighted by Crippen LogP contribution is 2.42. The zero-order valence-electron chi connectivity index (χ0n) is 25.2. The molecule has 4 heterocycles. The molecule has 0 saturated carbocycles. The number of β-lactam (4-membered cyclic amide) rings is 1. The topological polar surface area (TPSA) is 152 Å². The third-order valence-electron chi connectivity index (χ3n) is 7.39. The number of anilines is 1. The lowest BCUT2D eigenvalue weighted by molar-refractivity contribution is -0.154. The van der Waals surface area contributed by atoms with Crippen molar-refractivity contribution in [1.29, 1.82) is 0 Å². The van der Waals surface area contributed by atoms with Crippen LogP contribution in [0, 0.1) is 0 Å². The second-order valence-corrected chi connectivity index (χ2v) is 12.3. The fourth-order valence-electron chi connectivity index (χ4n) is 5.10. The van der Waals surface area contributed by atoms with Crippen molar-refractivity contribution in [3.8, 4) is 0 Å². The second kappa shape index (κ2) is 14.9. The van der Waals surface area contributed by atoms with Crippen molar-refractivity contribution in [3.05, 3.63) is 137 Å². The van der Waals surface area contributed by atoms with E-state index in [1.54, 1.807) is 24.4 Å². The number of aromatic nitrogens is 2. The van der Waals surface area contributed by atoms with Gasteiger partial charge in [0.2, 0.25) is 6.41 Å². The Kier molecular flexibility index (Phi) is 10.0. The molecule has 2 aliphatic heterocycles. The molecule has 48 heavy (non-hydrogen) atoms. The Morgan fingerprint density at radius 3 is 2.42 bits per heavy atom. The van der Waals surface area contributed by atoms with Gasteiger partial charge in [-0.15, -0.1) is 23.1 Å². The Morgan fingerprint density at radius 1 is 1.06 bits per heavy atom. The number of carbonyl (C=O) groups is 4. The highest BCUT2D eigenvalue weighted by Gasteiger charge is 2.54. The molecule has 0 aliphatic carbocycles. The van der Waals surface area contributed by atoms with Gasteiger partial charge in [-0.1, -0.05) is 84.5 Å². The molecule has 12 nitrogen and oxygen atoms in total. The van der Waals surface area contributed by atoms with Crippen molar-refractivity contribution in [2.75, 3.05) is 11.1 Å². The van der Waals surface area contributed by atoms with E-state index in [0.717, 1.165) is 22.5 Å². The molecule has 1 fully saturated rings. The number of fused-ring (bicyclic) bond motifs is 1. The minimum atomic E-state index is -0.983. The Morgan fingerprint density at radius 2 is 1.77 bits per heavy atom. The van der Waals surface area contributed by atoms with Crippen molar-refractivity contribution in [2.24, 2.45) is 5.16 Å². The van der Waals surface area contributed by atoms with Crippen molar-refractivity contribution in [2.45, 2.75) is 24.1 Å². The van der Waals surface area contributed by atoms with Gasteiger partial charge in [0.25, 0.3) is 11.8 Å². The molecule has 0 radical (unpaired) electrons. The highest BCUT2D eigenvalue weighted by atomic mass is 32.2. The third kappa shape index (κ3) is 6.89. The molecule has 2 aliphatic rings. The second-order valence-electron chi connectivity index (χ2n) is 10.4. The van der Waals surface area contributed by atoms with Gasteiger partial charge in [0.15, 0.2) is 23.6 Å². The fraction of sp³-hybridized carbons (Fsp3) is 0.147. The fourth-order valence-corrected chi connectivity index (χ4v) is 7.09. The maximum absolute atomic E-state index is 13.9. The molecule has 2 N–H and O–H groups in total. The summed E-state index contributed by atoms with van der Waals surface area (Å²) in [5.74, 6) is -1.56. The van der Waals surface area contributed by atoms with Crippen LogP contribution in [0.5, 0.6) is 0 Å². The van der Waals surface area contributed by atoms with Gasteiger partial charge in [0, 0.05) is 17.3 Å². The van der Waals surface area contributed by atoms with E-state index in [1.165, 1.54) is 28.1 Å². The molecule has 6 rings (SSSR count). The van der Waals surface area contributed by atoms with Crippen molar-refractivity contribution in [3.63, 3.8) is 0 Å². The van der Waals surface area contributed by atoms with E-state index in [9.17, 15) is 19.2 Å². The van der Waals surface area contributed by atoms with Gasteiger partial charge >= 0.3 is 5.97 Å². The number of benzene rings is 2. The van der Waals surface area contributed by atoms with Crippen LogP contribution in [-0.4, -0.2) is 61.9 Å². The summed E-state index contributed by atoms with van der Waals surface area (Å²) in [6.45, 7) is 3.83. The maximum Gasteiger partial charge on any atom is 0.356 e. The maximum atomic E-state index is 13.9. The van der Waals surface area contributed by atoms with Crippen LogP contribution in [-0.2, 0) is 35.4 Å². The largest absolute Gasteiger partial charge is 0.448 e. The van der Waals surface area contributed by atoms with Crippen molar-refractivity contribution < 1.29 is 28.8 Å². The molecule has 3 amide bonds. The minimum Gasteiger partial charge on any atom is -0.448 e. The first-order valence-electron chi connectivity index (χ1n) is 14.7. The molecule has 2 aromatic carbocycles. The first-order valence-corrected chi connectivity index (χ1v) is 16.6. The SMILES string of the molecule is C=CC1=C(C(=O)OC(c2ccccc2)c2ccccc2)N2C(=O)C(NC(=O)C(=NOCc3ccccn3)c3csc(NC=O)n3)[C@@H]2SC1. The number of thioether (sulfide) groups is 1. The number of esters is 1. The van der Waals surface area contributed by atoms with Gasteiger partial charge in [-0.05, 0) is 28.8 Å². The predicted molar refractivity (Wildman–Crippen MR) is 180 cm³/mol. The number of carbonyl (C=O) groups excluding carboxylic acids is 4. The summed E-state index contributed by atoms with van der Waals surface area (Å²) in [5.41, 5.74) is 2.67. The van der Waals surface area contributed by atoms with Gasteiger partial charge in [-0.2, -0.15) is 0 Å². The summed E-state index contributed by atoms with van der Waals surface area (Å²) < 4.78 is 6.10. The number of pyridine rings is 1. The summed E-state index contributed by atoms with van der Waals surface area (Å²) in [6, 6.07) is 23.0. The zero-order valence-corrected chi connectivity index (χ0v) is 26.9. The van der Waals surface area contributed by atoms with E-state index in [2.05, 4.69) is 32.3 Å². The smallest absolute Gasteiger partial charge is 0.356 e. The van der Waals surface area contributed by atoms with E-state index >= 15 is 0 Å². The van der Waals surface area contributed by atoms with Gasteiger partial charge in [0.05, 0.1) is 5.69 Å². The van der Waals surface area contributed by atoms with E-state index in [0.29, 0.717) is 23.4 Å². The minimum absolute atomic E-state index is 0.0244. The summed E-state index contributed by atoms with van der Waals surface area (Å²) in [6.07, 6.45) is 2.88. The first-order chi connectivity index (χ1) is 23.5. The number of nitrogens with one attached hydrogen (secondary N) is 2. The van der Waals surface area contributed by atoms with E-state index in [-0.39, 0.29) is 28.8 Å². The van der Waals surface area contributed by atoms with Crippen LogP contribution in [0.25, 0.3) is 0 Å². The monoisotopic (exact) mass is 680 g/mol. The number of hydrogen-bond acceptors (Lipinski definition) is 11. The molecule has 0 bridgehead atoms. The standard InChI is InChI=1S/C34H28N6O6S2/c1-2-21-18-47-32-27(38-30(42)26(25-19-48-34(37-25)36-20-41)39-45-17-24-15-9-10-16-35-24)31(43)40(32)28(21)33(44)46-29(22-11-5-3-6-12-22)23-13-7-4-8-14-23/h2-16,19-20,27,29,32H,1,17-18H2,(H,38,42)(H,36,37,41)/t27?,32-/m0/s1. The third-order valence-corrected chi connectivity index (χ3v) is 9.47. The number of hydrogen-bond donors (Lipinski definition) is 2. The number of oxime groups is 1. The molecular weight excluding hydrogens is 653 g/mol. The quantitative estimate of drug-likeness (QED) is 0.0696. The van der Waals surface area contributed by atoms with Crippen molar-refractivity contribution in [1.82, 2.24) is 20.2 Å². The van der Waals surface area contributed by atoms with Crippen LogP contribution in [0.1, 0.15) is 28.6 Å². The summed E-state index contributed by atoms with van der Waals surface area (Å²) in [4.78, 5) is 67.3. The van der Waals surface area contributed by atoms with E-state index < -0.39 is 35.3 Å². The molecule has 2 atom stereocenters. The molecule has 14 heteroatoms. The number of thiazole rings is 1. The van der Waals surface area contributed by atoms with Crippen LogP contribution >= 0.6 is 23.1 Å². The summed E-state index contributed by atoms with van der Waals surface area (Å²) in [7, 11) is 0. The summed E-state index contributed by atoms with van der Waals surface area (Å²) >= 11 is 2.46. The van der Waals surface area contributed by atoms with Gasteiger partial charge in [-0.3, -0.25) is 24.3 Å². The van der Waals surface area contributed by atoms with E-state index in [1.807, 2.05) is 60.7 Å². The van der Waals surface area contributed by atoms with Crippen LogP contribution in [0.2, 0.25) is 0 Å². The lowest BCUT2D eigenvalue weighted by atomic mass is 10.0. The van der Waals surface area contributed by atoms with Crippen LogP contribution in [0.4, 0.5) is 5.13 Å². The molecule has 1 unspecified atom stereocenters. The zero-order chi connectivity index (χ0) is 33.5. The Balaban J connectivity index is 1.21. The molecule has 4 aromatic rings. The van der Waals surface area contributed by atoms with Crippen molar-refractivity contribution >= 4 is 58.1 Å². The molecule has 0 spiro atoms. The predicted octanol–water partition coefficient (Wildman–Crippen LogP) is 4.20. The van der Waals surface area contributed by atoms with Gasteiger partial charge in [-0.25, -0.2) is 9.78 Å². The van der Waals surface area contributed by atoms with Crippen LogP contribution in [0.3, 0.4) is 0 Å². The Hall–Kier alpha value is -5.60. The molecule has 2 aromatic heterocycles. The number of amides is 3. The van der Waals surface area contributed by atoms with Gasteiger partial charge in [0.1, 0.15) is 22.8 Å². The Bertz CT molecular complexity index is 1840. The van der Waals surface area contributed by atoms with Crippen LogP contribution in [0.15, 0.2) is 120 Å². The first kappa shape index (κ1) is 32.3. The number of allylic oxidation sites excluding steroid dienone is 1.